The van der Waals surface area contributed by atoms with E-state index in [0.717, 1.165) is 5.75 Å². The molecule has 0 bridgehead atoms. The van der Waals surface area contributed by atoms with Gasteiger partial charge in [-0.3, -0.25) is 0 Å². The van der Waals surface area contributed by atoms with Crippen molar-refractivity contribution in [3.63, 3.8) is 0 Å². The smallest absolute Gasteiger partial charge is 0.125 e. The molecule has 0 radical (unpaired) electrons. The van der Waals surface area contributed by atoms with Crippen molar-refractivity contribution in [2.24, 2.45) is 11.7 Å². The van der Waals surface area contributed by atoms with E-state index in [1.807, 2.05) is 0 Å². The van der Waals surface area contributed by atoms with Gasteiger partial charge in [-0.25, -0.2) is 0 Å². The maximum absolute atomic E-state index is 5.73. The van der Waals surface area contributed by atoms with Crippen LogP contribution in [0.15, 0.2) is 12.1 Å². The van der Waals surface area contributed by atoms with Crippen LogP contribution < -0.4 is 10.5 Å². The summed E-state index contributed by atoms with van der Waals surface area (Å²) in [5.74, 6) is 1.92. The second-order valence-corrected chi connectivity index (χ2v) is 4.63. The Morgan fingerprint density at radius 1 is 1.25 bits per heavy atom. The molecule has 1 aromatic rings. The summed E-state index contributed by atoms with van der Waals surface area (Å²) in [6.07, 6.45) is 0. The van der Waals surface area contributed by atoms with Crippen molar-refractivity contribution >= 4 is 0 Å². The molecule has 0 saturated heterocycles. The van der Waals surface area contributed by atoms with Gasteiger partial charge >= 0.3 is 0 Å². The fourth-order valence-electron chi connectivity index (χ4n) is 1.95. The van der Waals surface area contributed by atoms with Crippen LogP contribution in [-0.4, -0.2) is 13.7 Å². The molecule has 0 aliphatic carbocycles. The van der Waals surface area contributed by atoms with E-state index in [1.165, 1.54) is 16.7 Å². The summed E-state index contributed by atoms with van der Waals surface area (Å²) in [5, 5.41) is 0. The molecule has 0 aliphatic rings. The first-order chi connectivity index (χ1) is 7.52. The van der Waals surface area contributed by atoms with Crippen LogP contribution in [0.25, 0.3) is 0 Å². The number of hydrogen-bond donors (Lipinski definition) is 1. The van der Waals surface area contributed by atoms with Crippen LogP contribution in [0.3, 0.4) is 0 Å². The highest BCUT2D eigenvalue weighted by Crippen LogP contribution is 2.34. The van der Waals surface area contributed by atoms with Gasteiger partial charge in [0.15, 0.2) is 0 Å². The van der Waals surface area contributed by atoms with Gasteiger partial charge in [-0.2, -0.15) is 0 Å². The lowest BCUT2D eigenvalue weighted by molar-refractivity contribution is 0.393. The van der Waals surface area contributed by atoms with E-state index >= 15 is 0 Å². The van der Waals surface area contributed by atoms with E-state index in [1.54, 1.807) is 7.11 Å². The predicted molar refractivity (Wildman–Crippen MR) is 69.1 cm³/mol. The lowest BCUT2D eigenvalue weighted by Crippen LogP contribution is -2.17. The van der Waals surface area contributed by atoms with Gasteiger partial charge in [0.1, 0.15) is 5.75 Å². The molecule has 2 N–H and O–H groups in total. The zero-order valence-electron chi connectivity index (χ0n) is 11.0. The molecule has 2 heteroatoms. The SMILES string of the molecule is COc1c(C(C)C(C)CN)ccc(C)c1C. The summed E-state index contributed by atoms with van der Waals surface area (Å²) in [6, 6.07) is 4.32. The van der Waals surface area contributed by atoms with Crippen LogP contribution >= 0.6 is 0 Å². The summed E-state index contributed by atoms with van der Waals surface area (Å²) >= 11 is 0. The van der Waals surface area contributed by atoms with Crippen molar-refractivity contribution in [3.05, 3.63) is 28.8 Å². The maximum atomic E-state index is 5.73. The highest BCUT2D eigenvalue weighted by atomic mass is 16.5. The molecule has 90 valence electrons. The Hall–Kier alpha value is -1.02. The number of hydrogen-bond acceptors (Lipinski definition) is 2. The number of aryl methyl sites for hydroxylation is 1. The highest BCUT2D eigenvalue weighted by molar-refractivity contribution is 5.47. The molecule has 0 aliphatic heterocycles. The predicted octanol–water partition coefficient (Wildman–Crippen LogP) is 3.01. The number of methoxy groups -OCH3 is 1. The van der Waals surface area contributed by atoms with Crippen LogP contribution in [0.1, 0.15) is 36.5 Å². The number of rotatable bonds is 4. The van der Waals surface area contributed by atoms with Crippen molar-refractivity contribution in [2.45, 2.75) is 33.6 Å². The summed E-state index contributed by atoms with van der Waals surface area (Å²) in [5.41, 5.74) is 9.50. The largest absolute Gasteiger partial charge is 0.496 e. The Morgan fingerprint density at radius 2 is 1.88 bits per heavy atom. The third-order valence-electron chi connectivity index (χ3n) is 3.63. The van der Waals surface area contributed by atoms with Gasteiger partial charge in [-0.1, -0.05) is 26.0 Å². The normalized spacial score (nSPS) is 14.6. The van der Waals surface area contributed by atoms with Crippen LogP contribution in [0.4, 0.5) is 0 Å². The standard InChI is InChI=1S/C14H23NO/c1-9-6-7-13(11(3)10(2)8-15)14(16-5)12(9)4/h6-7,10-11H,8,15H2,1-5H3. The third kappa shape index (κ3) is 2.38. The second-order valence-electron chi connectivity index (χ2n) is 4.63. The van der Waals surface area contributed by atoms with Crippen LogP contribution in [-0.2, 0) is 0 Å². The van der Waals surface area contributed by atoms with Gasteiger partial charge in [-0.15, -0.1) is 0 Å². The van der Waals surface area contributed by atoms with Gasteiger partial charge < -0.3 is 10.5 Å². The quantitative estimate of drug-likeness (QED) is 0.848. The zero-order valence-corrected chi connectivity index (χ0v) is 11.0. The Labute approximate surface area is 98.8 Å². The van der Waals surface area contributed by atoms with E-state index in [0.29, 0.717) is 18.4 Å². The maximum Gasteiger partial charge on any atom is 0.125 e. The third-order valence-corrected chi connectivity index (χ3v) is 3.63. The molecule has 1 aromatic carbocycles. The van der Waals surface area contributed by atoms with E-state index in [-0.39, 0.29) is 0 Å². The molecule has 0 heterocycles. The van der Waals surface area contributed by atoms with Gasteiger partial charge in [0.05, 0.1) is 7.11 Å². The summed E-state index contributed by atoms with van der Waals surface area (Å²) in [7, 11) is 1.74. The molecule has 0 amide bonds. The Bertz CT molecular complexity index is 360. The Balaban J connectivity index is 3.18. The lowest BCUT2D eigenvalue weighted by Gasteiger charge is -2.22. The molecule has 2 nitrogen and oxygen atoms in total. The lowest BCUT2D eigenvalue weighted by atomic mass is 9.86. The van der Waals surface area contributed by atoms with E-state index in [4.69, 9.17) is 10.5 Å². The van der Waals surface area contributed by atoms with Crippen molar-refractivity contribution < 1.29 is 4.74 Å². The first-order valence-corrected chi connectivity index (χ1v) is 5.87. The summed E-state index contributed by atoms with van der Waals surface area (Å²) in [6.45, 7) is 9.32. The van der Waals surface area contributed by atoms with Crippen LogP contribution in [0.5, 0.6) is 5.75 Å². The monoisotopic (exact) mass is 221 g/mol. The minimum atomic E-state index is 0.430. The van der Waals surface area contributed by atoms with Crippen molar-refractivity contribution in [1.82, 2.24) is 0 Å². The first-order valence-electron chi connectivity index (χ1n) is 5.87. The van der Waals surface area contributed by atoms with Gasteiger partial charge in [0.2, 0.25) is 0 Å². The molecule has 1 rings (SSSR count). The number of ether oxygens (including phenoxy) is 1. The molecule has 0 aromatic heterocycles. The fourth-order valence-corrected chi connectivity index (χ4v) is 1.95. The first kappa shape index (κ1) is 13.0. The average Bonchev–Trinajstić information content (AvgIpc) is 2.30. The molecule has 2 unspecified atom stereocenters. The van der Waals surface area contributed by atoms with Crippen LogP contribution in [0.2, 0.25) is 0 Å². The number of benzene rings is 1. The molecule has 0 spiro atoms. The molecular formula is C14H23NO. The van der Waals surface area contributed by atoms with Crippen molar-refractivity contribution in [3.8, 4) is 5.75 Å². The van der Waals surface area contributed by atoms with E-state index in [2.05, 4.69) is 39.8 Å². The highest BCUT2D eigenvalue weighted by Gasteiger charge is 2.18. The van der Waals surface area contributed by atoms with Gasteiger partial charge in [0, 0.05) is 0 Å². The Morgan fingerprint density at radius 3 is 2.38 bits per heavy atom. The number of nitrogens with two attached hydrogens (primary N) is 1. The van der Waals surface area contributed by atoms with E-state index in [9.17, 15) is 0 Å². The summed E-state index contributed by atoms with van der Waals surface area (Å²) < 4.78 is 5.53. The van der Waals surface area contributed by atoms with Crippen molar-refractivity contribution in [1.29, 1.82) is 0 Å². The molecular weight excluding hydrogens is 198 g/mol. The summed E-state index contributed by atoms with van der Waals surface area (Å²) in [4.78, 5) is 0. The zero-order chi connectivity index (χ0) is 12.3. The molecule has 0 saturated carbocycles. The van der Waals surface area contributed by atoms with E-state index < -0.39 is 0 Å². The fraction of sp³-hybridized carbons (Fsp3) is 0.571. The average molecular weight is 221 g/mol. The second kappa shape index (κ2) is 5.35. The van der Waals surface area contributed by atoms with Gasteiger partial charge in [-0.05, 0) is 48.9 Å². The minimum absolute atomic E-state index is 0.430. The molecule has 16 heavy (non-hydrogen) atoms. The molecule has 0 fully saturated rings. The molecule has 2 atom stereocenters. The minimum Gasteiger partial charge on any atom is -0.496 e. The van der Waals surface area contributed by atoms with Gasteiger partial charge in [0.25, 0.3) is 0 Å². The van der Waals surface area contributed by atoms with Crippen molar-refractivity contribution in [2.75, 3.05) is 13.7 Å². The van der Waals surface area contributed by atoms with Crippen LogP contribution in [0, 0.1) is 19.8 Å². The Kier molecular flexibility index (Phi) is 4.36. The topological polar surface area (TPSA) is 35.2 Å².